The quantitative estimate of drug-likeness (QED) is 0.579. The van der Waals surface area contributed by atoms with Crippen LogP contribution in [0.3, 0.4) is 0 Å². The van der Waals surface area contributed by atoms with Crippen molar-refractivity contribution in [2.24, 2.45) is 0 Å². The molecular formula is C16H15ClN2O4S3. The number of amides is 2. The highest BCUT2D eigenvalue weighted by Crippen LogP contribution is 2.33. The number of carbonyl (C=O) groups is 2. The minimum atomic E-state index is -3.08. The Hall–Kier alpha value is -1.42. The number of rotatable bonds is 4. The Kier molecular flexibility index (Phi) is 5.71. The molecule has 1 N–H and O–H groups in total. The third kappa shape index (κ3) is 4.46. The molecule has 26 heavy (non-hydrogen) atoms. The molecule has 10 heteroatoms. The standard InChI is InChI=1S/C16H15ClN2O4S3/c17-12-4-2-1-3-10(12)7-13-15(21)19(16(24)25-13)8-14(20)18-11-5-6-26(22,23)9-11/h1-4,7,11H,5-6,8-9H2,(H,18,20)/b13-7+/t11-/m1/s1. The topological polar surface area (TPSA) is 83.6 Å². The summed E-state index contributed by atoms with van der Waals surface area (Å²) in [4.78, 5) is 26.3. The van der Waals surface area contributed by atoms with Gasteiger partial charge < -0.3 is 5.32 Å². The van der Waals surface area contributed by atoms with Gasteiger partial charge in [-0.05, 0) is 24.1 Å². The molecule has 0 spiro atoms. The van der Waals surface area contributed by atoms with E-state index in [2.05, 4.69) is 5.32 Å². The molecule has 138 valence electrons. The van der Waals surface area contributed by atoms with E-state index in [-0.39, 0.29) is 28.3 Å². The number of hydrogen-bond acceptors (Lipinski definition) is 6. The van der Waals surface area contributed by atoms with E-state index in [9.17, 15) is 18.0 Å². The Morgan fingerprint density at radius 2 is 2.15 bits per heavy atom. The second kappa shape index (κ2) is 7.67. The molecule has 0 bridgehead atoms. The maximum atomic E-state index is 12.5. The van der Waals surface area contributed by atoms with Gasteiger partial charge in [0.1, 0.15) is 10.9 Å². The third-order valence-corrected chi connectivity index (χ3v) is 7.45. The highest BCUT2D eigenvalue weighted by atomic mass is 35.5. The normalized spacial score (nSPS) is 23.7. The van der Waals surface area contributed by atoms with Gasteiger partial charge in [-0.2, -0.15) is 0 Å². The zero-order valence-electron chi connectivity index (χ0n) is 13.5. The molecule has 1 atom stereocenters. The fourth-order valence-electron chi connectivity index (χ4n) is 2.70. The van der Waals surface area contributed by atoms with Crippen molar-refractivity contribution in [1.29, 1.82) is 0 Å². The summed E-state index contributed by atoms with van der Waals surface area (Å²) in [6.45, 7) is -0.235. The summed E-state index contributed by atoms with van der Waals surface area (Å²) in [5.41, 5.74) is 0.690. The third-order valence-electron chi connectivity index (χ3n) is 3.96. The molecular weight excluding hydrogens is 416 g/mol. The highest BCUT2D eigenvalue weighted by Gasteiger charge is 2.35. The average Bonchev–Trinajstić information content (AvgIpc) is 3.03. The summed E-state index contributed by atoms with van der Waals surface area (Å²) in [6.07, 6.45) is 2.03. The Morgan fingerprint density at radius 3 is 2.81 bits per heavy atom. The van der Waals surface area contributed by atoms with E-state index in [0.717, 1.165) is 11.8 Å². The van der Waals surface area contributed by atoms with Crippen molar-refractivity contribution in [2.45, 2.75) is 12.5 Å². The van der Waals surface area contributed by atoms with Crippen LogP contribution in [0.2, 0.25) is 5.02 Å². The van der Waals surface area contributed by atoms with Gasteiger partial charge in [-0.25, -0.2) is 8.42 Å². The zero-order valence-corrected chi connectivity index (χ0v) is 16.7. The molecule has 2 aliphatic heterocycles. The molecule has 3 rings (SSSR count). The van der Waals surface area contributed by atoms with Crippen molar-refractivity contribution >= 4 is 67.6 Å². The van der Waals surface area contributed by atoms with Gasteiger partial charge in [0, 0.05) is 11.1 Å². The van der Waals surface area contributed by atoms with Crippen LogP contribution in [0.25, 0.3) is 6.08 Å². The molecule has 6 nitrogen and oxygen atoms in total. The van der Waals surface area contributed by atoms with Gasteiger partial charge in [0.15, 0.2) is 9.84 Å². The van der Waals surface area contributed by atoms with Crippen LogP contribution in [0.5, 0.6) is 0 Å². The monoisotopic (exact) mass is 430 g/mol. The van der Waals surface area contributed by atoms with Crippen LogP contribution in [0.4, 0.5) is 0 Å². The number of nitrogens with zero attached hydrogens (tertiary/aromatic N) is 1. The molecule has 1 aromatic carbocycles. The Labute approximate surface area is 165 Å². The van der Waals surface area contributed by atoms with E-state index in [1.165, 1.54) is 4.90 Å². The van der Waals surface area contributed by atoms with E-state index in [1.807, 2.05) is 6.07 Å². The van der Waals surface area contributed by atoms with Crippen LogP contribution < -0.4 is 5.32 Å². The fraction of sp³-hybridized carbons (Fsp3) is 0.312. The number of halogens is 1. The summed E-state index contributed by atoms with van der Waals surface area (Å²) in [5, 5.41) is 3.17. The van der Waals surface area contributed by atoms with Crippen LogP contribution in [-0.4, -0.2) is 53.5 Å². The Balaban J connectivity index is 1.66. The molecule has 2 fully saturated rings. The van der Waals surface area contributed by atoms with Crippen molar-refractivity contribution in [2.75, 3.05) is 18.1 Å². The van der Waals surface area contributed by atoms with Crippen LogP contribution >= 0.6 is 35.6 Å². The lowest BCUT2D eigenvalue weighted by Crippen LogP contribution is -2.43. The molecule has 0 aliphatic carbocycles. The number of thiocarbonyl (C=S) groups is 1. The minimum absolute atomic E-state index is 0.0659. The highest BCUT2D eigenvalue weighted by molar-refractivity contribution is 8.26. The van der Waals surface area contributed by atoms with E-state index < -0.39 is 21.8 Å². The molecule has 0 saturated carbocycles. The van der Waals surface area contributed by atoms with Gasteiger partial charge in [-0.1, -0.05) is 53.8 Å². The maximum Gasteiger partial charge on any atom is 0.266 e. The summed E-state index contributed by atoms with van der Waals surface area (Å²) < 4.78 is 23.2. The van der Waals surface area contributed by atoms with Gasteiger partial charge in [-0.3, -0.25) is 14.5 Å². The fourth-order valence-corrected chi connectivity index (χ4v) is 5.81. The second-order valence-electron chi connectivity index (χ2n) is 5.96. The molecule has 0 radical (unpaired) electrons. The van der Waals surface area contributed by atoms with Crippen LogP contribution in [0.1, 0.15) is 12.0 Å². The van der Waals surface area contributed by atoms with Crippen molar-refractivity contribution in [1.82, 2.24) is 10.2 Å². The number of hydrogen-bond donors (Lipinski definition) is 1. The number of benzene rings is 1. The first-order valence-corrected chi connectivity index (χ1v) is 11.2. The number of nitrogens with one attached hydrogen (secondary N) is 1. The van der Waals surface area contributed by atoms with Crippen molar-refractivity contribution < 1.29 is 18.0 Å². The number of carbonyl (C=O) groups excluding carboxylic acids is 2. The average molecular weight is 431 g/mol. The number of sulfone groups is 1. The molecule has 2 saturated heterocycles. The molecule has 0 aromatic heterocycles. The van der Waals surface area contributed by atoms with Gasteiger partial charge >= 0.3 is 0 Å². The molecule has 2 heterocycles. The number of thioether (sulfide) groups is 1. The predicted molar refractivity (Wildman–Crippen MR) is 107 cm³/mol. The van der Waals surface area contributed by atoms with E-state index in [0.29, 0.717) is 21.9 Å². The van der Waals surface area contributed by atoms with Crippen molar-refractivity contribution in [3.8, 4) is 0 Å². The molecule has 1 aromatic rings. The Bertz CT molecular complexity index is 914. The lowest BCUT2D eigenvalue weighted by Gasteiger charge is -2.16. The van der Waals surface area contributed by atoms with Gasteiger partial charge in [0.05, 0.1) is 16.4 Å². The lowest BCUT2D eigenvalue weighted by molar-refractivity contribution is -0.129. The molecule has 2 amide bonds. The van der Waals surface area contributed by atoms with E-state index >= 15 is 0 Å². The van der Waals surface area contributed by atoms with Crippen molar-refractivity contribution in [3.63, 3.8) is 0 Å². The van der Waals surface area contributed by atoms with Gasteiger partial charge in [-0.15, -0.1) is 0 Å². The molecule has 0 unspecified atom stereocenters. The molecule has 2 aliphatic rings. The lowest BCUT2D eigenvalue weighted by atomic mass is 10.2. The predicted octanol–water partition coefficient (Wildman–Crippen LogP) is 1.84. The summed E-state index contributed by atoms with van der Waals surface area (Å²) in [7, 11) is -3.08. The second-order valence-corrected chi connectivity index (χ2v) is 10.3. The minimum Gasteiger partial charge on any atom is -0.351 e. The summed E-state index contributed by atoms with van der Waals surface area (Å²) in [5.74, 6) is -0.792. The summed E-state index contributed by atoms with van der Waals surface area (Å²) in [6, 6.07) is 6.68. The first kappa shape index (κ1) is 19.3. The van der Waals surface area contributed by atoms with E-state index in [4.69, 9.17) is 23.8 Å². The van der Waals surface area contributed by atoms with Gasteiger partial charge in [0.25, 0.3) is 5.91 Å². The van der Waals surface area contributed by atoms with Gasteiger partial charge in [0.2, 0.25) is 5.91 Å². The SMILES string of the molecule is O=C(CN1C(=O)/C(=C\c2ccccc2Cl)SC1=S)N[C@@H]1CCS(=O)(=O)C1. The summed E-state index contributed by atoms with van der Waals surface area (Å²) >= 11 is 12.4. The smallest absolute Gasteiger partial charge is 0.266 e. The first-order chi connectivity index (χ1) is 12.2. The van der Waals surface area contributed by atoms with Crippen LogP contribution in [-0.2, 0) is 19.4 Å². The van der Waals surface area contributed by atoms with Crippen LogP contribution in [0, 0.1) is 0 Å². The van der Waals surface area contributed by atoms with Crippen molar-refractivity contribution in [3.05, 3.63) is 39.8 Å². The van der Waals surface area contributed by atoms with E-state index in [1.54, 1.807) is 24.3 Å². The zero-order chi connectivity index (χ0) is 18.9. The first-order valence-electron chi connectivity index (χ1n) is 7.75. The largest absolute Gasteiger partial charge is 0.351 e. The van der Waals surface area contributed by atoms with Crippen LogP contribution in [0.15, 0.2) is 29.2 Å². The Morgan fingerprint density at radius 1 is 1.42 bits per heavy atom. The maximum absolute atomic E-state index is 12.5.